The first kappa shape index (κ1) is 32.0. The van der Waals surface area contributed by atoms with E-state index in [0.717, 1.165) is 56.2 Å². The zero-order valence-electron chi connectivity index (χ0n) is 27.1. The SMILES string of the molecule is Cc1cc2c(Oc3ccc(NC(=O)C4(C(=O)Nc5ccc(F)cc5)CC4)cc3F)ccnc2cc1OCC1(NC2CCN(C)CC2)CC1. The molecule has 2 heterocycles. The number of carbonyl (C=O) groups excluding carboxylic acids is 2. The number of likely N-dealkylation sites (tertiary alicyclic amines) is 1. The van der Waals surface area contributed by atoms with Gasteiger partial charge in [-0.25, -0.2) is 8.78 Å². The number of benzene rings is 3. The monoisotopic (exact) mass is 655 g/mol. The Morgan fingerprint density at radius 2 is 1.56 bits per heavy atom. The molecule has 48 heavy (non-hydrogen) atoms. The second-order valence-corrected chi connectivity index (χ2v) is 13.5. The number of ether oxygens (including phenoxy) is 2. The number of nitrogens with one attached hydrogen (secondary N) is 3. The van der Waals surface area contributed by atoms with Gasteiger partial charge in [0.1, 0.15) is 29.3 Å². The minimum atomic E-state index is -1.27. The van der Waals surface area contributed by atoms with Crippen LogP contribution in [0.4, 0.5) is 20.2 Å². The number of piperidine rings is 1. The van der Waals surface area contributed by atoms with Gasteiger partial charge in [0.05, 0.1) is 11.1 Å². The summed E-state index contributed by atoms with van der Waals surface area (Å²) in [6, 6.07) is 15.5. The first-order valence-electron chi connectivity index (χ1n) is 16.5. The number of hydrogen-bond donors (Lipinski definition) is 3. The number of nitrogens with zero attached hydrogens (tertiary/aromatic N) is 2. The smallest absolute Gasteiger partial charge is 0.240 e. The van der Waals surface area contributed by atoms with Gasteiger partial charge in [0.25, 0.3) is 0 Å². The third-order valence-corrected chi connectivity index (χ3v) is 9.72. The number of aryl methyl sites for hydroxylation is 1. The highest BCUT2D eigenvalue weighted by atomic mass is 19.1. The molecule has 3 fully saturated rings. The average Bonchev–Trinajstić information content (AvgIpc) is 4.01. The van der Waals surface area contributed by atoms with Gasteiger partial charge in [0.2, 0.25) is 11.8 Å². The van der Waals surface area contributed by atoms with E-state index in [0.29, 0.717) is 47.8 Å². The summed E-state index contributed by atoms with van der Waals surface area (Å²) in [5.41, 5.74) is 0.933. The molecule has 11 heteroatoms. The van der Waals surface area contributed by atoms with Crippen molar-refractivity contribution in [3.63, 3.8) is 0 Å². The Bertz CT molecular complexity index is 1850. The maximum atomic E-state index is 15.3. The summed E-state index contributed by atoms with van der Waals surface area (Å²) < 4.78 is 40.9. The van der Waals surface area contributed by atoms with Crippen LogP contribution in [0.25, 0.3) is 10.9 Å². The first-order chi connectivity index (χ1) is 23.1. The highest BCUT2D eigenvalue weighted by Crippen LogP contribution is 2.48. The number of anilines is 2. The molecular formula is C37H39F2N5O4. The molecule has 1 aliphatic heterocycles. The number of aromatic nitrogens is 1. The third kappa shape index (κ3) is 6.84. The fourth-order valence-electron chi connectivity index (χ4n) is 6.28. The summed E-state index contributed by atoms with van der Waals surface area (Å²) in [6.45, 7) is 4.79. The molecule has 3 aromatic carbocycles. The highest BCUT2D eigenvalue weighted by Gasteiger charge is 2.56. The largest absolute Gasteiger partial charge is 0.491 e. The molecule has 4 aromatic rings. The predicted octanol–water partition coefficient (Wildman–Crippen LogP) is 6.57. The zero-order chi connectivity index (χ0) is 33.5. The van der Waals surface area contributed by atoms with Crippen LogP contribution in [0.1, 0.15) is 44.1 Å². The van der Waals surface area contributed by atoms with E-state index in [1.165, 1.54) is 36.4 Å². The van der Waals surface area contributed by atoms with Gasteiger partial charge in [-0.1, -0.05) is 0 Å². The van der Waals surface area contributed by atoms with Crippen LogP contribution in [0.15, 0.2) is 66.9 Å². The van der Waals surface area contributed by atoms with Gasteiger partial charge >= 0.3 is 0 Å². The van der Waals surface area contributed by atoms with E-state index in [1.54, 1.807) is 12.3 Å². The van der Waals surface area contributed by atoms with Crippen molar-refractivity contribution in [3.8, 4) is 17.2 Å². The van der Waals surface area contributed by atoms with Crippen LogP contribution >= 0.6 is 0 Å². The van der Waals surface area contributed by atoms with E-state index in [2.05, 4.69) is 32.9 Å². The van der Waals surface area contributed by atoms with Gasteiger partial charge in [-0.2, -0.15) is 0 Å². The molecule has 1 aromatic heterocycles. The van der Waals surface area contributed by atoms with Crippen LogP contribution in [-0.4, -0.2) is 60.0 Å². The Hall–Kier alpha value is -4.61. The lowest BCUT2D eigenvalue weighted by Crippen LogP contribution is -2.48. The standard InChI is InChI=1S/C37H39F2N5O4/c1-23-19-28-30(21-33(23)47-22-36(12-13-36)43-26-10-17-44(2)18-11-26)40-16-9-31(28)48-32-8-7-27(20-29(32)39)42-35(46)37(14-15-37)34(45)41-25-5-3-24(38)4-6-25/h3-9,16,19-21,26,43H,10-15,17-18,22H2,1-2H3,(H,41,45)(H,42,46). The average molecular weight is 656 g/mol. The summed E-state index contributed by atoms with van der Waals surface area (Å²) in [6.07, 6.45) is 6.82. The lowest BCUT2D eigenvalue weighted by molar-refractivity contribution is -0.131. The Morgan fingerprint density at radius 1 is 0.875 bits per heavy atom. The molecule has 2 aliphatic carbocycles. The minimum absolute atomic E-state index is 0.0238. The van der Waals surface area contributed by atoms with Gasteiger partial charge in [-0.15, -0.1) is 0 Å². The van der Waals surface area contributed by atoms with Gasteiger partial charge in [-0.3, -0.25) is 14.6 Å². The van der Waals surface area contributed by atoms with E-state index >= 15 is 4.39 Å². The zero-order valence-corrected chi connectivity index (χ0v) is 27.1. The minimum Gasteiger partial charge on any atom is -0.491 e. The number of hydrogen-bond acceptors (Lipinski definition) is 7. The Labute approximate surface area is 278 Å². The molecule has 250 valence electrons. The van der Waals surface area contributed by atoms with Crippen LogP contribution < -0.4 is 25.4 Å². The van der Waals surface area contributed by atoms with Crippen LogP contribution in [0.5, 0.6) is 17.2 Å². The van der Waals surface area contributed by atoms with Crippen LogP contribution in [0, 0.1) is 24.0 Å². The normalized spacial score (nSPS) is 18.2. The lowest BCUT2D eigenvalue weighted by atomic mass is 10.0. The number of fused-ring (bicyclic) bond motifs is 1. The van der Waals surface area contributed by atoms with E-state index in [1.807, 2.05) is 19.1 Å². The van der Waals surface area contributed by atoms with E-state index < -0.39 is 28.9 Å². The number of pyridine rings is 1. The van der Waals surface area contributed by atoms with Crippen molar-refractivity contribution in [2.24, 2.45) is 5.41 Å². The van der Waals surface area contributed by atoms with Gasteiger partial charge in [0, 0.05) is 41.1 Å². The quantitative estimate of drug-likeness (QED) is 0.157. The molecule has 7 rings (SSSR count). The molecule has 2 saturated carbocycles. The third-order valence-electron chi connectivity index (χ3n) is 9.72. The Morgan fingerprint density at radius 3 is 2.23 bits per heavy atom. The molecule has 0 spiro atoms. The fraction of sp³-hybridized carbons (Fsp3) is 0.378. The van der Waals surface area contributed by atoms with Crippen molar-refractivity contribution in [3.05, 3.63) is 84.1 Å². The fourth-order valence-corrected chi connectivity index (χ4v) is 6.28. The number of amides is 2. The van der Waals surface area contributed by atoms with Gasteiger partial charge in [-0.05, 0) is 120 Å². The van der Waals surface area contributed by atoms with E-state index in [9.17, 15) is 14.0 Å². The second-order valence-electron chi connectivity index (χ2n) is 13.5. The molecule has 2 amide bonds. The number of rotatable bonds is 11. The summed E-state index contributed by atoms with van der Waals surface area (Å²) in [5, 5.41) is 9.90. The molecule has 3 aliphatic rings. The molecule has 9 nitrogen and oxygen atoms in total. The Kier molecular flexibility index (Phi) is 8.51. The van der Waals surface area contributed by atoms with Crippen LogP contribution in [0.3, 0.4) is 0 Å². The topological polar surface area (TPSA) is 105 Å². The van der Waals surface area contributed by atoms with E-state index in [-0.39, 0.29) is 17.0 Å². The molecule has 0 atom stereocenters. The van der Waals surface area contributed by atoms with Crippen LogP contribution in [-0.2, 0) is 9.59 Å². The molecule has 0 bridgehead atoms. The van der Waals surface area contributed by atoms with Crippen molar-refractivity contribution < 1.29 is 27.8 Å². The highest BCUT2D eigenvalue weighted by molar-refractivity contribution is 6.16. The molecule has 0 radical (unpaired) electrons. The molecular weight excluding hydrogens is 616 g/mol. The summed E-state index contributed by atoms with van der Waals surface area (Å²) >= 11 is 0. The summed E-state index contributed by atoms with van der Waals surface area (Å²) in [7, 11) is 2.17. The maximum Gasteiger partial charge on any atom is 0.240 e. The van der Waals surface area contributed by atoms with Crippen molar-refractivity contribution in [1.29, 1.82) is 0 Å². The Balaban J connectivity index is 0.992. The maximum absolute atomic E-state index is 15.3. The first-order valence-corrected chi connectivity index (χ1v) is 16.5. The van der Waals surface area contributed by atoms with Crippen molar-refractivity contribution in [2.45, 2.75) is 57.0 Å². The van der Waals surface area contributed by atoms with Crippen molar-refractivity contribution in [1.82, 2.24) is 15.2 Å². The van der Waals surface area contributed by atoms with Gasteiger partial charge in [0.15, 0.2) is 11.6 Å². The predicted molar refractivity (Wildman–Crippen MR) is 179 cm³/mol. The molecule has 0 unspecified atom stereocenters. The molecule has 1 saturated heterocycles. The number of carbonyl (C=O) groups is 2. The van der Waals surface area contributed by atoms with Crippen molar-refractivity contribution >= 4 is 34.1 Å². The second kappa shape index (κ2) is 12.8. The van der Waals surface area contributed by atoms with E-state index in [4.69, 9.17) is 9.47 Å². The van der Waals surface area contributed by atoms with Crippen molar-refractivity contribution in [2.75, 3.05) is 37.4 Å². The van der Waals surface area contributed by atoms with Crippen LogP contribution in [0.2, 0.25) is 0 Å². The summed E-state index contributed by atoms with van der Waals surface area (Å²) in [4.78, 5) is 32.8. The number of halogens is 2. The van der Waals surface area contributed by atoms with Gasteiger partial charge < -0.3 is 30.3 Å². The molecule has 3 N–H and O–H groups in total. The summed E-state index contributed by atoms with van der Waals surface area (Å²) in [5.74, 6) is -0.963. The lowest BCUT2D eigenvalue weighted by Gasteiger charge is -2.32.